The van der Waals surface area contributed by atoms with E-state index in [4.69, 9.17) is 10.5 Å². The average molecular weight is 440 g/mol. The highest BCUT2D eigenvalue weighted by atomic mass is 16.5. The first kappa shape index (κ1) is 26.9. The number of carbonyl (C=O) groups excluding carboxylic acids is 1. The van der Waals surface area contributed by atoms with Crippen molar-refractivity contribution in [3.05, 3.63) is 70.1 Å². The van der Waals surface area contributed by atoms with E-state index >= 15 is 0 Å². The molecule has 0 bridgehead atoms. The molecule has 0 spiro atoms. The van der Waals surface area contributed by atoms with Crippen LogP contribution >= 0.6 is 0 Å². The zero-order valence-corrected chi connectivity index (χ0v) is 20.2. The van der Waals surface area contributed by atoms with Crippen molar-refractivity contribution in [2.45, 2.75) is 53.9 Å². The standard InChI is InChI=1S/C26H37N3O3/c1-7-10-21(20(8-2)17-28-25(9-3)29-26(31)16-27)12-11-18(4)13-23-19(5)14-22(32-6)15-24(23)30/h8-9,11-12,14-15,17,30H,7,10,13,16,27H2,1-6H3,(H,29,31)/b18-11+,20-8+,21-12+,25-9+,28-17+. The second-order valence-electron chi connectivity index (χ2n) is 7.50. The van der Waals surface area contributed by atoms with Crippen LogP contribution in [0.4, 0.5) is 0 Å². The zero-order chi connectivity index (χ0) is 24.1. The summed E-state index contributed by atoms with van der Waals surface area (Å²) in [6, 6.07) is 3.57. The fourth-order valence-electron chi connectivity index (χ4n) is 3.14. The van der Waals surface area contributed by atoms with E-state index in [9.17, 15) is 9.90 Å². The van der Waals surface area contributed by atoms with Gasteiger partial charge in [-0.25, -0.2) is 4.99 Å². The van der Waals surface area contributed by atoms with Crippen LogP contribution in [0.25, 0.3) is 0 Å². The van der Waals surface area contributed by atoms with E-state index < -0.39 is 0 Å². The molecule has 0 aliphatic heterocycles. The number of phenolic OH excluding ortho intramolecular Hbond substituents is 1. The average Bonchev–Trinajstić information content (AvgIpc) is 2.78. The normalized spacial score (nSPS) is 13.6. The summed E-state index contributed by atoms with van der Waals surface area (Å²) in [6.07, 6.45) is 12.2. The molecule has 6 heteroatoms. The highest BCUT2D eigenvalue weighted by molar-refractivity contribution is 5.86. The molecule has 1 aromatic rings. The number of rotatable bonds is 11. The monoisotopic (exact) mass is 439 g/mol. The largest absolute Gasteiger partial charge is 0.508 e. The summed E-state index contributed by atoms with van der Waals surface area (Å²) in [4.78, 5) is 15.9. The SMILES string of the molecule is C\C=C(/N=C/C(=C\C)C(=C/C=C(\C)Cc1c(C)cc(OC)cc1O)/CCC)NC(=O)CN. The number of aryl methyl sites for hydroxylation is 1. The number of aromatic hydroxyl groups is 1. The molecule has 0 atom stereocenters. The Bertz CT molecular complexity index is 915. The summed E-state index contributed by atoms with van der Waals surface area (Å²) in [5.74, 6) is 1.08. The van der Waals surface area contributed by atoms with Crippen LogP contribution in [0, 0.1) is 6.92 Å². The van der Waals surface area contributed by atoms with E-state index in [1.54, 1.807) is 25.5 Å². The molecule has 0 aliphatic rings. The quantitative estimate of drug-likeness (QED) is 0.338. The van der Waals surface area contributed by atoms with Gasteiger partial charge in [0, 0.05) is 17.8 Å². The van der Waals surface area contributed by atoms with Crippen LogP contribution in [-0.4, -0.2) is 30.9 Å². The molecule has 6 nitrogen and oxygen atoms in total. The van der Waals surface area contributed by atoms with Gasteiger partial charge in [0.2, 0.25) is 5.91 Å². The van der Waals surface area contributed by atoms with Crippen molar-refractivity contribution in [1.29, 1.82) is 0 Å². The summed E-state index contributed by atoms with van der Waals surface area (Å²) in [7, 11) is 1.59. The number of nitrogens with two attached hydrogens (primary N) is 1. The summed E-state index contributed by atoms with van der Waals surface area (Å²) in [5.41, 5.74) is 10.5. The van der Waals surface area contributed by atoms with Crippen molar-refractivity contribution < 1.29 is 14.6 Å². The first-order valence-corrected chi connectivity index (χ1v) is 10.9. The Morgan fingerprint density at radius 3 is 2.50 bits per heavy atom. The van der Waals surface area contributed by atoms with Crippen molar-refractivity contribution in [2.24, 2.45) is 10.7 Å². The Balaban J connectivity index is 3.10. The van der Waals surface area contributed by atoms with Crippen molar-refractivity contribution >= 4 is 12.1 Å². The maximum atomic E-state index is 11.5. The van der Waals surface area contributed by atoms with Crippen molar-refractivity contribution in [2.75, 3.05) is 13.7 Å². The van der Waals surface area contributed by atoms with Gasteiger partial charge in [0.15, 0.2) is 0 Å². The highest BCUT2D eigenvalue weighted by Gasteiger charge is 2.09. The molecular weight excluding hydrogens is 402 g/mol. The van der Waals surface area contributed by atoms with Crippen LogP contribution in [0.2, 0.25) is 0 Å². The molecule has 0 unspecified atom stereocenters. The van der Waals surface area contributed by atoms with Crippen molar-refractivity contribution in [1.82, 2.24) is 5.32 Å². The minimum Gasteiger partial charge on any atom is -0.508 e. The summed E-state index contributed by atoms with van der Waals surface area (Å²) >= 11 is 0. The van der Waals surface area contributed by atoms with Crippen molar-refractivity contribution in [3.8, 4) is 11.5 Å². The third-order valence-electron chi connectivity index (χ3n) is 4.95. The number of nitrogens with zero attached hydrogens (tertiary/aromatic N) is 1. The molecule has 32 heavy (non-hydrogen) atoms. The number of methoxy groups -OCH3 is 1. The summed E-state index contributed by atoms with van der Waals surface area (Å²) < 4.78 is 5.22. The van der Waals surface area contributed by atoms with Crippen molar-refractivity contribution in [3.63, 3.8) is 0 Å². The molecule has 174 valence electrons. The minimum absolute atomic E-state index is 0.0857. The number of allylic oxidation sites excluding steroid dienone is 7. The Morgan fingerprint density at radius 1 is 1.25 bits per heavy atom. The Labute approximate surface area is 192 Å². The molecule has 1 rings (SSSR count). The second kappa shape index (κ2) is 14.0. The van der Waals surface area contributed by atoms with E-state index in [1.807, 2.05) is 39.8 Å². The van der Waals surface area contributed by atoms with Gasteiger partial charge in [0.1, 0.15) is 17.3 Å². The minimum atomic E-state index is -0.280. The van der Waals surface area contributed by atoms with Crippen LogP contribution in [0.3, 0.4) is 0 Å². The third-order valence-corrected chi connectivity index (χ3v) is 4.95. The molecule has 4 N–H and O–H groups in total. The number of phenols is 1. The van der Waals surface area contributed by atoms with E-state index in [0.717, 1.165) is 40.7 Å². The van der Waals surface area contributed by atoms with Gasteiger partial charge < -0.3 is 20.9 Å². The lowest BCUT2D eigenvalue weighted by atomic mass is 9.97. The number of ether oxygens (including phenoxy) is 1. The molecule has 0 saturated heterocycles. The fourth-order valence-corrected chi connectivity index (χ4v) is 3.14. The summed E-state index contributed by atoms with van der Waals surface area (Å²) in [5, 5.41) is 13.0. The third kappa shape index (κ3) is 8.55. The second-order valence-corrected chi connectivity index (χ2v) is 7.50. The molecule has 0 radical (unpaired) electrons. The highest BCUT2D eigenvalue weighted by Crippen LogP contribution is 2.29. The predicted octanol–water partition coefficient (Wildman–Crippen LogP) is 4.88. The van der Waals surface area contributed by atoms with Gasteiger partial charge in [-0.2, -0.15) is 0 Å². The molecular formula is C26H37N3O3. The van der Waals surface area contributed by atoms with Gasteiger partial charge in [-0.1, -0.05) is 37.1 Å². The van der Waals surface area contributed by atoms with Crippen LogP contribution in [0.5, 0.6) is 11.5 Å². The van der Waals surface area contributed by atoms with Gasteiger partial charge in [0.05, 0.1) is 13.7 Å². The van der Waals surface area contributed by atoms with E-state index in [0.29, 0.717) is 18.0 Å². The first-order chi connectivity index (χ1) is 15.3. The van der Waals surface area contributed by atoms with Crippen LogP contribution < -0.4 is 15.8 Å². The number of aliphatic imine (C=N–C) groups is 1. The molecule has 0 aromatic heterocycles. The number of carbonyl (C=O) groups is 1. The Morgan fingerprint density at radius 2 is 1.97 bits per heavy atom. The topological polar surface area (TPSA) is 96.9 Å². The maximum Gasteiger partial charge on any atom is 0.239 e. The molecule has 0 aliphatic carbocycles. The molecule has 0 saturated carbocycles. The lowest BCUT2D eigenvalue weighted by Gasteiger charge is -2.11. The van der Waals surface area contributed by atoms with Crippen LogP contribution in [0.15, 0.2) is 64.0 Å². The van der Waals surface area contributed by atoms with E-state index in [1.165, 1.54) is 0 Å². The Hall–Kier alpha value is -3.12. The van der Waals surface area contributed by atoms with Crippen LogP contribution in [0.1, 0.15) is 51.7 Å². The lowest BCUT2D eigenvalue weighted by Crippen LogP contribution is -2.29. The lowest BCUT2D eigenvalue weighted by molar-refractivity contribution is -0.119. The van der Waals surface area contributed by atoms with Gasteiger partial charge in [-0.15, -0.1) is 0 Å². The Kier molecular flexibility index (Phi) is 11.8. The molecule has 0 heterocycles. The van der Waals surface area contributed by atoms with Gasteiger partial charge in [-0.05, 0) is 69.4 Å². The number of hydrogen-bond acceptors (Lipinski definition) is 5. The maximum absolute atomic E-state index is 11.5. The number of benzene rings is 1. The number of nitrogens with one attached hydrogen (secondary N) is 1. The molecule has 1 amide bonds. The number of amides is 1. The number of hydrogen-bond donors (Lipinski definition) is 3. The van der Waals surface area contributed by atoms with E-state index in [2.05, 4.69) is 29.4 Å². The zero-order valence-electron chi connectivity index (χ0n) is 20.2. The van der Waals surface area contributed by atoms with Crippen LogP contribution in [-0.2, 0) is 11.2 Å². The first-order valence-electron chi connectivity index (χ1n) is 10.9. The smallest absolute Gasteiger partial charge is 0.239 e. The van der Waals surface area contributed by atoms with E-state index in [-0.39, 0.29) is 18.2 Å². The van der Waals surface area contributed by atoms with Gasteiger partial charge in [0.25, 0.3) is 0 Å². The van der Waals surface area contributed by atoms with Gasteiger partial charge >= 0.3 is 0 Å². The summed E-state index contributed by atoms with van der Waals surface area (Å²) in [6.45, 7) is 9.84. The predicted molar refractivity (Wildman–Crippen MR) is 133 cm³/mol. The van der Waals surface area contributed by atoms with Gasteiger partial charge in [-0.3, -0.25) is 4.79 Å². The molecule has 0 fully saturated rings. The molecule has 1 aromatic carbocycles. The fraction of sp³-hybridized carbons (Fsp3) is 0.385.